The van der Waals surface area contributed by atoms with Crippen LogP contribution in [0.3, 0.4) is 0 Å². The molecular weight excluding hydrogens is 184 g/mol. The SMILES string of the molecule is CCCNCCCN1CCCCCCC1. The molecule has 1 heterocycles. The Morgan fingerprint density at radius 3 is 2.27 bits per heavy atom. The molecule has 0 saturated carbocycles. The lowest BCUT2D eigenvalue weighted by Crippen LogP contribution is -2.30. The number of nitrogens with one attached hydrogen (secondary N) is 1. The number of hydrogen-bond donors (Lipinski definition) is 1. The van der Waals surface area contributed by atoms with Gasteiger partial charge in [0.1, 0.15) is 0 Å². The highest BCUT2D eigenvalue weighted by molar-refractivity contribution is 4.63. The maximum atomic E-state index is 3.48. The lowest BCUT2D eigenvalue weighted by Gasteiger charge is -2.24. The van der Waals surface area contributed by atoms with E-state index in [0.29, 0.717) is 0 Å². The van der Waals surface area contributed by atoms with Crippen LogP contribution in [-0.2, 0) is 0 Å². The Balaban J connectivity index is 1.97. The maximum absolute atomic E-state index is 3.48. The Labute approximate surface area is 95.4 Å². The molecular formula is C13H28N2. The molecule has 0 bridgehead atoms. The van der Waals surface area contributed by atoms with E-state index in [4.69, 9.17) is 0 Å². The summed E-state index contributed by atoms with van der Waals surface area (Å²) in [5.74, 6) is 0. The van der Waals surface area contributed by atoms with Crippen LogP contribution in [0.25, 0.3) is 0 Å². The van der Waals surface area contributed by atoms with Crippen molar-refractivity contribution >= 4 is 0 Å². The molecule has 0 aromatic carbocycles. The third kappa shape index (κ3) is 6.91. The van der Waals surface area contributed by atoms with Gasteiger partial charge in [0, 0.05) is 0 Å². The molecule has 2 nitrogen and oxygen atoms in total. The predicted molar refractivity (Wildman–Crippen MR) is 67.3 cm³/mol. The zero-order valence-electron chi connectivity index (χ0n) is 10.4. The topological polar surface area (TPSA) is 15.3 Å². The molecule has 90 valence electrons. The highest BCUT2D eigenvalue weighted by atomic mass is 15.1. The molecule has 0 amide bonds. The average molecular weight is 212 g/mol. The highest BCUT2D eigenvalue weighted by Crippen LogP contribution is 2.10. The summed E-state index contributed by atoms with van der Waals surface area (Å²) < 4.78 is 0. The lowest BCUT2D eigenvalue weighted by atomic mass is 10.1. The van der Waals surface area contributed by atoms with Crippen LogP contribution in [0, 0.1) is 0 Å². The zero-order chi connectivity index (χ0) is 10.8. The molecule has 1 fully saturated rings. The lowest BCUT2D eigenvalue weighted by molar-refractivity contribution is 0.244. The van der Waals surface area contributed by atoms with Gasteiger partial charge in [0.05, 0.1) is 0 Å². The smallest absolute Gasteiger partial charge is 0.000664 e. The van der Waals surface area contributed by atoms with E-state index in [1.165, 1.54) is 77.7 Å². The summed E-state index contributed by atoms with van der Waals surface area (Å²) in [4.78, 5) is 2.66. The summed E-state index contributed by atoms with van der Waals surface area (Å²) in [6.07, 6.45) is 9.77. The molecule has 0 aromatic heterocycles. The van der Waals surface area contributed by atoms with Gasteiger partial charge in [-0.05, 0) is 58.4 Å². The largest absolute Gasteiger partial charge is 0.317 e. The Kier molecular flexibility index (Phi) is 7.94. The van der Waals surface area contributed by atoms with E-state index < -0.39 is 0 Å². The predicted octanol–water partition coefficient (Wildman–Crippen LogP) is 2.64. The second kappa shape index (κ2) is 9.17. The van der Waals surface area contributed by atoms with Gasteiger partial charge in [-0.3, -0.25) is 0 Å². The molecule has 0 radical (unpaired) electrons. The molecule has 0 aromatic rings. The minimum absolute atomic E-state index is 1.18. The number of hydrogen-bond acceptors (Lipinski definition) is 2. The molecule has 1 aliphatic heterocycles. The van der Waals surface area contributed by atoms with Crippen LogP contribution in [0.15, 0.2) is 0 Å². The minimum Gasteiger partial charge on any atom is -0.317 e. The second-order valence-electron chi connectivity index (χ2n) is 4.71. The van der Waals surface area contributed by atoms with Gasteiger partial charge in [0.2, 0.25) is 0 Å². The highest BCUT2D eigenvalue weighted by Gasteiger charge is 2.06. The van der Waals surface area contributed by atoms with Gasteiger partial charge in [-0.2, -0.15) is 0 Å². The van der Waals surface area contributed by atoms with Crippen molar-refractivity contribution in [1.29, 1.82) is 0 Å². The molecule has 1 aliphatic rings. The fourth-order valence-corrected chi connectivity index (χ4v) is 2.27. The Morgan fingerprint density at radius 2 is 1.60 bits per heavy atom. The fourth-order valence-electron chi connectivity index (χ4n) is 2.27. The third-order valence-corrected chi connectivity index (χ3v) is 3.20. The van der Waals surface area contributed by atoms with E-state index in [9.17, 15) is 0 Å². The summed E-state index contributed by atoms with van der Waals surface area (Å²) in [5, 5.41) is 3.48. The first kappa shape index (κ1) is 13.0. The fraction of sp³-hybridized carbons (Fsp3) is 1.00. The third-order valence-electron chi connectivity index (χ3n) is 3.20. The van der Waals surface area contributed by atoms with Crippen molar-refractivity contribution < 1.29 is 0 Å². The molecule has 0 spiro atoms. The first-order chi connectivity index (χ1) is 7.43. The van der Waals surface area contributed by atoms with Crippen LogP contribution in [0.2, 0.25) is 0 Å². The van der Waals surface area contributed by atoms with Crippen molar-refractivity contribution in [1.82, 2.24) is 10.2 Å². The zero-order valence-corrected chi connectivity index (χ0v) is 10.4. The van der Waals surface area contributed by atoms with Gasteiger partial charge in [0.25, 0.3) is 0 Å². The quantitative estimate of drug-likeness (QED) is 0.681. The van der Waals surface area contributed by atoms with E-state index in [-0.39, 0.29) is 0 Å². The van der Waals surface area contributed by atoms with Gasteiger partial charge in [-0.1, -0.05) is 26.2 Å². The molecule has 1 saturated heterocycles. The van der Waals surface area contributed by atoms with Crippen LogP contribution < -0.4 is 5.32 Å². The second-order valence-corrected chi connectivity index (χ2v) is 4.71. The summed E-state index contributed by atoms with van der Waals surface area (Å²) in [6, 6.07) is 0. The van der Waals surface area contributed by atoms with E-state index in [1.54, 1.807) is 0 Å². The molecule has 1 N–H and O–H groups in total. The van der Waals surface area contributed by atoms with Crippen molar-refractivity contribution in [2.75, 3.05) is 32.7 Å². The Hall–Kier alpha value is -0.0800. The van der Waals surface area contributed by atoms with Gasteiger partial charge < -0.3 is 10.2 Å². The maximum Gasteiger partial charge on any atom is -0.000664 e. The van der Waals surface area contributed by atoms with Crippen LogP contribution >= 0.6 is 0 Å². The van der Waals surface area contributed by atoms with E-state index >= 15 is 0 Å². The first-order valence-electron chi connectivity index (χ1n) is 6.86. The van der Waals surface area contributed by atoms with Crippen LogP contribution in [0.5, 0.6) is 0 Å². The van der Waals surface area contributed by atoms with Gasteiger partial charge >= 0.3 is 0 Å². The number of likely N-dealkylation sites (tertiary alicyclic amines) is 1. The summed E-state index contributed by atoms with van der Waals surface area (Å²) in [5.41, 5.74) is 0. The number of nitrogens with zero attached hydrogens (tertiary/aromatic N) is 1. The summed E-state index contributed by atoms with van der Waals surface area (Å²) >= 11 is 0. The average Bonchev–Trinajstić information content (AvgIpc) is 2.20. The van der Waals surface area contributed by atoms with Crippen LogP contribution in [0.4, 0.5) is 0 Å². The normalized spacial score (nSPS) is 19.8. The molecule has 1 rings (SSSR count). The van der Waals surface area contributed by atoms with Crippen molar-refractivity contribution in [2.45, 2.75) is 51.9 Å². The molecule has 2 heteroatoms. The van der Waals surface area contributed by atoms with Crippen molar-refractivity contribution in [2.24, 2.45) is 0 Å². The van der Waals surface area contributed by atoms with Gasteiger partial charge in [0.15, 0.2) is 0 Å². The van der Waals surface area contributed by atoms with Gasteiger partial charge in [-0.15, -0.1) is 0 Å². The van der Waals surface area contributed by atoms with Crippen molar-refractivity contribution in [3.8, 4) is 0 Å². The Bertz CT molecular complexity index is 128. The van der Waals surface area contributed by atoms with Crippen molar-refractivity contribution in [3.63, 3.8) is 0 Å². The molecule has 0 unspecified atom stereocenters. The van der Waals surface area contributed by atoms with E-state index in [1.807, 2.05) is 0 Å². The first-order valence-corrected chi connectivity index (χ1v) is 6.86. The Morgan fingerprint density at radius 1 is 0.933 bits per heavy atom. The minimum atomic E-state index is 1.18. The summed E-state index contributed by atoms with van der Waals surface area (Å²) in [7, 11) is 0. The standard InChI is InChI=1S/C13H28N2/c1-2-9-14-10-8-13-15-11-6-4-3-5-7-12-15/h14H,2-13H2,1H3. The van der Waals surface area contributed by atoms with E-state index in [0.717, 1.165) is 0 Å². The number of rotatable bonds is 6. The van der Waals surface area contributed by atoms with Crippen molar-refractivity contribution in [3.05, 3.63) is 0 Å². The molecule has 0 atom stereocenters. The monoisotopic (exact) mass is 212 g/mol. The van der Waals surface area contributed by atoms with Crippen LogP contribution in [-0.4, -0.2) is 37.6 Å². The van der Waals surface area contributed by atoms with E-state index in [2.05, 4.69) is 17.1 Å². The molecule has 0 aliphatic carbocycles. The van der Waals surface area contributed by atoms with Crippen LogP contribution in [0.1, 0.15) is 51.9 Å². The van der Waals surface area contributed by atoms with Gasteiger partial charge in [-0.25, -0.2) is 0 Å². The molecule has 15 heavy (non-hydrogen) atoms. The summed E-state index contributed by atoms with van der Waals surface area (Å²) in [6.45, 7) is 8.59.